The van der Waals surface area contributed by atoms with Crippen LogP contribution < -0.4 is 9.01 Å². The number of pyridine rings is 1. The van der Waals surface area contributed by atoms with Gasteiger partial charge in [0.15, 0.2) is 0 Å². The molecule has 9 heteroatoms. The van der Waals surface area contributed by atoms with Crippen LogP contribution in [-0.4, -0.2) is 13.9 Å². The molecule has 0 fully saturated rings. The molecule has 1 aromatic rings. The van der Waals surface area contributed by atoms with Gasteiger partial charge in [-0.25, -0.2) is 0 Å². The van der Waals surface area contributed by atoms with Gasteiger partial charge in [0, 0.05) is 16.9 Å². The van der Waals surface area contributed by atoms with Gasteiger partial charge in [0.1, 0.15) is 0 Å². The number of hydrogen-bond acceptors (Lipinski definition) is 3. The number of halogens is 4. The maximum Gasteiger partial charge on any atom is 0.540 e. The van der Waals surface area contributed by atoms with E-state index in [2.05, 4.69) is 4.28 Å². The lowest BCUT2D eigenvalue weighted by molar-refractivity contribution is -0.857. The van der Waals surface area contributed by atoms with E-state index in [-0.39, 0.29) is 5.02 Å². The monoisotopic (exact) mass is 262 g/mol. The fourth-order valence-electron chi connectivity index (χ4n) is 0.600. The van der Waals surface area contributed by atoms with Crippen LogP contribution in [0.5, 0.6) is 0 Å². The minimum Gasteiger partial charge on any atom is -0.171 e. The molecule has 15 heavy (non-hydrogen) atoms. The predicted molar refractivity (Wildman–Crippen MR) is 43.2 cm³/mol. The lowest BCUT2D eigenvalue weighted by Crippen LogP contribution is -2.49. The van der Waals surface area contributed by atoms with Crippen LogP contribution in [0.4, 0.5) is 13.2 Å². The van der Waals surface area contributed by atoms with Crippen molar-refractivity contribution in [1.29, 1.82) is 0 Å². The highest BCUT2D eigenvalue weighted by Crippen LogP contribution is 2.21. The molecule has 0 N–H and O–H groups in total. The molecule has 0 aliphatic heterocycles. The first-order chi connectivity index (χ1) is 6.72. The molecule has 0 aromatic carbocycles. The summed E-state index contributed by atoms with van der Waals surface area (Å²) in [6, 6.07) is 2.35. The Bertz CT molecular complexity index is 442. The van der Waals surface area contributed by atoms with Gasteiger partial charge in [-0.3, -0.25) is 0 Å². The number of aromatic nitrogens is 1. The molecule has 0 radical (unpaired) electrons. The highest BCUT2D eigenvalue weighted by molar-refractivity contribution is 7.87. The number of nitrogens with zero attached hydrogens (tertiary/aromatic N) is 1. The van der Waals surface area contributed by atoms with Crippen LogP contribution in [0.2, 0.25) is 5.02 Å². The normalized spacial score (nSPS) is 12.5. The second kappa shape index (κ2) is 3.86. The Hall–Kier alpha value is -1.02. The second-order valence-corrected chi connectivity index (χ2v) is 4.31. The maximum absolute atomic E-state index is 11.8. The van der Waals surface area contributed by atoms with E-state index in [0.717, 1.165) is 12.4 Å². The van der Waals surface area contributed by atoms with Gasteiger partial charge in [-0.2, -0.15) is 21.6 Å². The lowest BCUT2D eigenvalue weighted by Gasteiger charge is -2.02. The van der Waals surface area contributed by atoms with Crippen molar-refractivity contribution in [3.63, 3.8) is 0 Å². The molecule has 1 aromatic heterocycles. The summed E-state index contributed by atoms with van der Waals surface area (Å²) in [6.45, 7) is 0. The van der Waals surface area contributed by atoms with Crippen LogP contribution in [0, 0.1) is 0 Å². The molecule has 84 valence electrons. The van der Waals surface area contributed by atoms with Crippen molar-refractivity contribution < 1.29 is 30.6 Å². The molecule has 0 aliphatic carbocycles. The average molecular weight is 263 g/mol. The summed E-state index contributed by atoms with van der Waals surface area (Å²) in [6.07, 6.45) is 1.87. The van der Waals surface area contributed by atoms with Crippen molar-refractivity contribution in [3.8, 4) is 0 Å². The summed E-state index contributed by atoms with van der Waals surface area (Å²) in [5.41, 5.74) is -5.46. The minimum absolute atomic E-state index is 0.235. The first-order valence-corrected chi connectivity index (χ1v) is 5.19. The summed E-state index contributed by atoms with van der Waals surface area (Å²) in [7, 11) is -5.64. The molecule has 4 nitrogen and oxygen atoms in total. The van der Waals surface area contributed by atoms with E-state index in [1.165, 1.54) is 12.1 Å². The smallest absolute Gasteiger partial charge is 0.171 e. The largest absolute Gasteiger partial charge is 0.540 e. The Morgan fingerprint density at radius 1 is 1.27 bits per heavy atom. The Labute approximate surface area is 87.9 Å². The zero-order chi connectivity index (χ0) is 11.7. The molecule has 0 unspecified atom stereocenters. The predicted octanol–water partition coefficient (Wildman–Crippen LogP) is 0.906. The molecule has 0 bridgehead atoms. The van der Waals surface area contributed by atoms with E-state index < -0.39 is 15.6 Å². The highest BCUT2D eigenvalue weighted by Gasteiger charge is 2.51. The second-order valence-electron chi connectivity index (χ2n) is 2.35. The van der Waals surface area contributed by atoms with Crippen LogP contribution in [0.15, 0.2) is 24.5 Å². The van der Waals surface area contributed by atoms with E-state index in [1.54, 1.807) is 0 Å². The number of rotatable bonds is 2. The molecule has 1 rings (SSSR count). The van der Waals surface area contributed by atoms with Crippen molar-refractivity contribution in [2.75, 3.05) is 0 Å². The van der Waals surface area contributed by atoms with Crippen LogP contribution in [0.25, 0.3) is 0 Å². The van der Waals surface area contributed by atoms with Gasteiger partial charge in [0.25, 0.3) is 0 Å². The van der Waals surface area contributed by atoms with Gasteiger partial charge in [-0.15, -0.1) is 4.28 Å². The SMILES string of the molecule is O=S(=O)(O[n+]1ccc(Cl)cc1)C(F)(F)F. The van der Waals surface area contributed by atoms with Crippen LogP contribution in [0.3, 0.4) is 0 Å². The molecular formula is C6H4ClF3NO3S+. The van der Waals surface area contributed by atoms with E-state index in [0.29, 0.717) is 4.73 Å². The molecule has 0 aliphatic rings. The fourth-order valence-corrected chi connectivity index (χ4v) is 1.12. The topological polar surface area (TPSA) is 47.3 Å². The Morgan fingerprint density at radius 2 is 1.73 bits per heavy atom. The van der Waals surface area contributed by atoms with Gasteiger partial charge in [-0.1, -0.05) is 11.6 Å². The average Bonchev–Trinajstić information content (AvgIpc) is 2.06. The van der Waals surface area contributed by atoms with Gasteiger partial charge >= 0.3 is 15.6 Å². The Morgan fingerprint density at radius 3 is 2.13 bits per heavy atom. The van der Waals surface area contributed by atoms with Crippen molar-refractivity contribution in [2.45, 2.75) is 5.51 Å². The first kappa shape index (κ1) is 12.1. The third-order valence-electron chi connectivity index (χ3n) is 1.23. The molecule has 0 saturated heterocycles. The van der Waals surface area contributed by atoms with Crippen molar-refractivity contribution in [2.24, 2.45) is 0 Å². The Balaban J connectivity index is 2.93. The highest BCUT2D eigenvalue weighted by atomic mass is 35.5. The van der Waals surface area contributed by atoms with E-state index in [9.17, 15) is 21.6 Å². The molecule has 0 spiro atoms. The fraction of sp³-hybridized carbons (Fsp3) is 0.167. The number of alkyl halides is 3. The summed E-state index contributed by atoms with van der Waals surface area (Å²) in [5, 5.41) is 0.235. The molecule has 1 heterocycles. The van der Waals surface area contributed by atoms with Gasteiger partial charge in [0.05, 0.1) is 5.02 Å². The van der Waals surface area contributed by atoms with E-state index in [4.69, 9.17) is 11.6 Å². The lowest BCUT2D eigenvalue weighted by atomic mass is 10.5. The third-order valence-corrected chi connectivity index (χ3v) is 2.42. The molecule has 0 amide bonds. The van der Waals surface area contributed by atoms with E-state index in [1.807, 2.05) is 0 Å². The van der Waals surface area contributed by atoms with Gasteiger partial charge in [-0.05, 0) is 0 Å². The van der Waals surface area contributed by atoms with Crippen LogP contribution in [0.1, 0.15) is 0 Å². The zero-order valence-electron chi connectivity index (χ0n) is 6.90. The summed E-state index contributed by atoms with van der Waals surface area (Å²) in [4.78, 5) is 0. The summed E-state index contributed by atoms with van der Waals surface area (Å²) in [5.74, 6) is 0. The van der Waals surface area contributed by atoms with Crippen LogP contribution >= 0.6 is 11.6 Å². The van der Waals surface area contributed by atoms with Crippen molar-refractivity contribution in [3.05, 3.63) is 29.5 Å². The quantitative estimate of drug-likeness (QED) is 0.588. The molecule has 0 saturated carbocycles. The molecule has 0 atom stereocenters. The number of hydrogen-bond donors (Lipinski definition) is 0. The molecular weight excluding hydrogens is 259 g/mol. The minimum atomic E-state index is -5.64. The summed E-state index contributed by atoms with van der Waals surface area (Å²) < 4.78 is 60.7. The zero-order valence-corrected chi connectivity index (χ0v) is 8.47. The van der Waals surface area contributed by atoms with Crippen LogP contribution in [-0.2, 0) is 10.1 Å². The van der Waals surface area contributed by atoms with Gasteiger partial charge in [0.2, 0.25) is 12.4 Å². The van der Waals surface area contributed by atoms with Crippen molar-refractivity contribution >= 4 is 21.7 Å². The standard InChI is InChI=1S/C6H4ClF3NO3S/c7-5-1-3-11(4-2-5)14-15(12,13)6(8,9)10/h1-4H/q+1. The maximum atomic E-state index is 11.8. The first-order valence-electron chi connectivity index (χ1n) is 3.40. The van der Waals surface area contributed by atoms with Crippen molar-refractivity contribution in [1.82, 2.24) is 0 Å². The van der Waals surface area contributed by atoms with E-state index >= 15 is 0 Å². The third kappa shape index (κ3) is 2.96. The Kier molecular flexibility index (Phi) is 3.10. The summed E-state index contributed by atoms with van der Waals surface area (Å²) >= 11 is 5.43. The van der Waals surface area contributed by atoms with Gasteiger partial charge < -0.3 is 0 Å².